The van der Waals surface area contributed by atoms with Gasteiger partial charge in [0.05, 0.1) is 24.8 Å². The normalized spacial score (nSPS) is 11.3. The molecule has 2 heterocycles. The molecule has 0 bridgehead atoms. The van der Waals surface area contributed by atoms with Gasteiger partial charge in [-0.2, -0.15) is 3.97 Å². The molecule has 1 amide bonds. The van der Waals surface area contributed by atoms with E-state index < -0.39 is 21.6 Å². The number of methoxy groups -OCH3 is 1. The minimum atomic E-state index is -4.08. The van der Waals surface area contributed by atoms with Gasteiger partial charge in [0.1, 0.15) is 18.1 Å². The van der Waals surface area contributed by atoms with Gasteiger partial charge in [0.2, 0.25) is 5.91 Å². The van der Waals surface area contributed by atoms with E-state index in [0.717, 1.165) is 10.8 Å². The van der Waals surface area contributed by atoms with Crippen molar-refractivity contribution >= 4 is 15.9 Å². The number of benzene rings is 1. The second-order valence-electron chi connectivity index (χ2n) is 5.54. The molecule has 0 saturated heterocycles. The summed E-state index contributed by atoms with van der Waals surface area (Å²) in [6, 6.07) is 9.04. The summed E-state index contributed by atoms with van der Waals surface area (Å²) in [7, 11) is -2.61. The lowest BCUT2D eigenvalue weighted by molar-refractivity contribution is -0.121. The van der Waals surface area contributed by atoms with E-state index in [-0.39, 0.29) is 18.0 Å². The van der Waals surface area contributed by atoms with E-state index >= 15 is 0 Å². The van der Waals surface area contributed by atoms with Crippen molar-refractivity contribution in [2.45, 2.75) is 18.0 Å². The van der Waals surface area contributed by atoms with E-state index in [1.165, 1.54) is 43.8 Å². The van der Waals surface area contributed by atoms with Crippen LogP contribution in [0.1, 0.15) is 5.76 Å². The highest BCUT2D eigenvalue weighted by atomic mass is 32.2. The lowest BCUT2D eigenvalue weighted by atomic mass is 10.3. The van der Waals surface area contributed by atoms with E-state index in [4.69, 9.17) is 9.15 Å². The minimum absolute atomic E-state index is 0.0644. The van der Waals surface area contributed by atoms with Gasteiger partial charge in [-0.15, -0.1) is 0 Å². The van der Waals surface area contributed by atoms with E-state index in [0.29, 0.717) is 15.5 Å². The lowest BCUT2D eigenvalue weighted by Crippen LogP contribution is -2.34. The molecule has 0 aliphatic rings. The molecule has 1 aromatic carbocycles. The number of carbonyl (C=O) groups is 1. The Balaban J connectivity index is 1.75. The molecule has 142 valence electrons. The number of furan rings is 1. The van der Waals surface area contributed by atoms with Crippen molar-refractivity contribution < 1.29 is 22.4 Å². The van der Waals surface area contributed by atoms with Gasteiger partial charge in [-0.05, 0) is 36.4 Å². The van der Waals surface area contributed by atoms with Crippen LogP contribution in [0.5, 0.6) is 5.75 Å². The fourth-order valence-corrected chi connectivity index (χ4v) is 3.60. The van der Waals surface area contributed by atoms with Crippen molar-refractivity contribution in [2.75, 3.05) is 7.11 Å². The van der Waals surface area contributed by atoms with Gasteiger partial charge < -0.3 is 14.5 Å². The summed E-state index contributed by atoms with van der Waals surface area (Å²) in [5, 5.41) is 2.59. The topological polar surface area (TPSA) is 113 Å². The van der Waals surface area contributed by atoms with Crippen molar-refractivity contribution in [1.29, 1.82) is 0 Å². The summed E-state index contributed by atoms with van der Waals surface area (Å²) in [6.07, 6.45) is 3.84. The molecular formula is C17H17N3O6S. The van der Waals surface area contributed by atoms with Crippen LogP contribution >= 0.6 is 0 Å². The van der Waals surface area contributed by atoms with Crippen LogP contribution in [-0.4, -0.2) is 30.0 Å². The Morgan fingerprint density at radius 1 is 1.19 bits per heavy atom. The number of nitrogens with zero attached hydrogens (tertiary/aromatic N) is 2. The molecule has 0 spiro atoms. The van der Waals surface area contributed by atoms with E-state index in [1.54, 1.807) is 12.1 Å². The molecule has 9 nitrogen and oxygen atoms in total. The van der Waals surface area contributed by atoms with Crippen molar-refractivity contribution in [2.24, 2.45) is 0 Å². The standard InChI is InChI=1S/C17H17N3O6S/c1-25-13-4-6-15(7-5-13)27(23,24)20-9-8-19(17(20)22)12-16(21)18-11-14-3-2-10-26-14/h2-10H,11-12H2,1H3,(H,18,21). The van der Waals surface area contributed by atoms with E-state index in [9.17, 15) is 18.0 Å². The predicted molar refractivity (Wildman–Crippen MR) is 94.8 cm³/mol. The Morgan fingerprint density at radius 3 is 2.56 bits per heavy atom. The molecule has 10 heteroatoms. The van der Waals surface area contributed by atoms with Gasteiger partial charge >= 0.3 is 5.69 Å². The molecule has 0 fully saturated rings. The summed E-state index contributed by atoms with van der Waals surface area (Å²) in [5.74, 6) is 0.607. The maximum atomic E-state index is 12.6. The van der Waals surface area contributed by atoms with Crippen LogP contribution in [0.4, 0.5) is 0 Å². The molecule has 3 aromatic rings. The molecular weight excluding hydrogens is 374 g/mol. The number of hydrogen-bond acceptors (Lipinski definition) is 6. The molecule has 0 atom stereocenters. The van der Waals surface area contributed by atoms with Crippen LogP contribution in [0.3, 0.4) is 0 Å². The first-order chi connectivity index (χ1) is 12.9. The maximum Gasteiger partial charge on any atom is 0.342 e. The highest BCUT2D eigenvalue weighted by Gasteiger charge is 2.21. The molecule has 0 radical (unpaired) electrons. The van der Waals surface area contributed by atoms with Gasteiger partial charge in [-0.25, -0.2) is 13.2 Å². The summed E-state index contributed by atoms with van der Waals surface area (Å²) < 4.78 is 37.0. The van der Waals surface area contributed by atoms with E-state index in [2.05, 4.69) is 5.32 Å². The summed E-state index contributed by atoms with van der Waals surface area (Å²) in [5.41, 5.74) is -0.834. The average molecular weight is 391 g/mol. The highest BCUT2D eigenvalue weighted by Crippen LogP contribution is 2.17. The molecule has 1 N–H and O–H groups in total. The van der Waals surface area contributed by atoms with Crippen LogP contribution in [0.2, 0.25) is 0 Å². The zero-order chi connectivity index (χ0) is 19.4. The third kappa shape index (κ3) is 3.95. The molecule has 0 aliphatic heterocycles. The monoisotopic (exact) mass is 391 g/mol. The third-order valence-corrected chi connectivity index (χ3v) is 5.45. The van der Waals surface area contributed by atoms with Gasteiger partial charge in [-0.1, -0.05) is 0 Å². The van der Waals surface area contributed by atoms with Gasteiger partial charge in [0, 0.05) is 12.4 Å². The smallest absolute Gasteiger partial charge is 0.342 e. The Kier molecular flexibility index (Phi) is 5.17. The number of rotatable bonds is 7. The Labute approximate surface area is 154 Å². The highest BCUT2D eigenvalue weighted by molar-refractivity contribution is 7.90. The molecule has 0 saturated carbocycles. The van der Waals surface area contributed by atoms with Crippen molar-refractivity contribution in [3.63, 3.8) is 0 Å². The fourth-order valence-electron chi connectivity index (χ4n) is 2.37. The van der Waals surface area contributed by atoms with E-state index in [1.807, 2.05) is 0 Å². The number of ether oxygens (including phenoxy) is 1. The molecule has 0 aliphatic carbocycles. The molecule has 3 rings (SSSR count). The number of nitrogens with one attached hydrogen (secondary N) is 1. The van der Waals surface area contributed by atoms with Gasteiger partial charge in [-0.3, -0.25) is 9.36 Å². The number of carbonyl (C=O) groups excluding carboxylic acids is 1. The Hall–Kier alpha value is -3.27. The molecule has 27 heavy (non-hydrogen) atoms. The number of amides is 1. The first-order valence-corrected chi connectivity index (χ1v) is 9.32. The van der Waals surface area contributed by atoms with Crippen LogP contribution < -0.4 is 15.7 Å². The van der Waals surface area contributed by atoms with Crippen molar-refractivity contribution in [1.82, 2.24) is 13.9 Å². The Bertz CT molecular complexity index is 1080. The second-order valence-corrected chi connectivity index (χ2v) is 7.36. The van der Waals surface area contributed by atoms with Crippen molar-refractivity contribution in [3.8, 4) is 5.75 Å². The summed E-state index contributed by atoms with van der Waals surface area (Å²) in [4.78, 5) is 24.3. The number of aromatic nitrogens is 2. The van der Waals surface area contributed by atoms with Crippen LogP contribution in [-0.2, 0) is 27.9 Å². The Morgan fingerprint density at radius 2 is 1.93 bits per heavy atom. The van der Waals surface area contributed by atoms with Gasteiger partial charge in [0.15, 0.2) is 0 Å². The van der Waals surface area contributed by atoms with Crippen LogP contribution in [0.25, 0.3) is 0 Å². The largest absolute Gasteiger partial charge is 0.497 e. The first-order valence-electron chi connectivity index (χ1n) is 7.88. The SMILES string of the molecule is COc1ccc(S(=O)(=O)n2ccn(CC(=O)NCc3ccco3)c2=O)cc1. The maximum absolute atomic E-state index is 12.6. The van der Waals surface area contributed by atoms with Crippen molar-refractivity contribution in [3.05, 3.63) is 71.3 Å². The zero-order valence-corrected chi connectivity index (χ0v) is 15.2. The van der Waals surface area contributed by atoms with Crippen LogP contribution in [0.15, 0.2) is 69.2 Å². The summed E-state index contributed by atoms with van der Waals surface area (Å²) >= 11 is 0. The lowest BCUT2D eigenvalue weighted by Gasteiger charge is -2.06. The summed E-state index contributed by atoms with van der Waals surface area (Å²) in [6.45, 7) is -0.143. The van der Waals surface area contributed by atoms with Gasteiger partial charge in [0.25, 0.3) is 10.0 Å². The minimum Gasteiger partial charge on any atom is -0.497 e. The number of hydrogen-bond donors (Lipinski definition) is 1. The van der Waals surface area contributed by atoms with Crippen LogP contribution in [0, 0.1) is 0 Å². The number of imidazole rings is 1. The quantitative estimate of drug-likeness (QED) is 0.638. The molecule has 2 aromatic heterocycles. The molecule has 0 unspecified atom stereocenters. The first kappa shape index (κ1) is 18.5. The third-order valence-electron chi connectivity index (χ3n) is 3.79. The fraction of sp³-hybridized carbons (Fsp3) is 0.176. The second kappa shape index (κ2) is 7.54. The zero-order valence-electron chi connectivity index (χ0n) is 14.4. The average Bonchev–Trinajstić information content (AvgIpc) is 3.31. The predicted octanol–water partition coefficient (Wildman–Crippen LogP) is 0.805.